The van der Waals surface area contributed by atoms with Gasteiger partial charge in [0.15, 0.2) is 6.61 Å². The van der Waals surface area contributed by atoms with Crippen LogP contribution in [0.4, 0.5) is 5.69 Å². The summed E-state index contributed by atoms with van der Waals surface area (Å²) in [6, 6.07) is 3.58. The molecule has 0 spiro atoms. The van der Waals surface area contributed by atoms with E-state index >= 15 is 0 Å². The average Bonchev–Trinajstić information content (AvgIpc) is 3.31. The zero-order valence-corrected chi connectivity index (χ0v) is 20.0. The summed E-state index contributed by atoms with van der Waals surface area (Å²) in [5.41, 5.74) is 2.49. The van der Waals surface area contributed by atoms with Crippen molar-refractivity contribution in [1.82, 2.24) is 4.90 Å². The second-order valence-corrected chi connectivity index (χ2v) is 10.2. The van der Waals surface area contributed by atoms with Crippen LogP contribution in [-0.4, -0.2) is 52.5 Å². The van der Waals surface area contributed by atoms with Gasteiger partial charge in [-0.05, 0) is 55.4 Å². The highest BCUT2D eigenvalue weighted by atomic mass is 79.9. The number of benzene rings is 1. The number of esters is 1. The molecule has 10 heteroatoms. The number of nitrogens with one attached hydrogen (secondary N) is 1. The molecule has 166 valence electrons. The van der Waals surface area contributed by atoms with Crippen molar-refractivity contribution in [3.05, 3.63) is 27.7 Å². The molecule has 3 amide bonds. The van der Waals surface area contributed by atoms with Gasteiger partial charge in [-0.3, -0.25) is 24.1 Å². The van der Waals surface area contributed by atoms with E-state index in [1.165, 1.54) is 0 Å². The molecule has 2 aliphatic carbocycles. The summed E-state index contributed by atoms with van der Waals surface area (Å²) in [6.45, 7) is 2.76. The van der Waals surface area contributed by atoms with Crippen molar-refractivity contribution >= 4 is 68.5 Å². The number of halogens is 3. The Bertz CT molecular complexity index is 932. The minimum Gasteiger partial charge on any atom is -0.454 e. The number of fused-ring (bicyclic) bond motifs is 5. The molecular weight excluding hydrogens is 511 g/mol. The molecule has 1 aromatic carbocycles. The zero-order chi connectivity index (χ0) is 22.6. The maximum atomic E-state index is 12.8. The first kappa shape index (κ1) is 22.6. The largest absolute Gasteiger partial charge is 0.454 e. The van der Waals surface area contributed by atoms with Crippen molar-refractivity contribution in [1.29, 1.82) is 0 Å². The molecule has 1 aliphatic heterocycles. The van der Waals surface area contributed by atoms with Crippen molar-refractivity contribution in [2.45, 2.75) is 31.0 Å². The molecule has 1 saturated heterocycles. The lowest BCUT2D eigenvalue weighted by molar-refractivity contribution is -0.154. The predicted molar refractivity (Wildman–Crippen MR) is 118 cm³/mol. The van der Waals surface area contributed by atoms with Crippen molar-refractivity contribution in [2.24, 2.45) is 23.7 Å². The van der Waals surface area contributed by atoms with Crippen LogP contribution in [0.15, 0.2) is 16.6 Å². The van der Waals surface area contributed by atoms with E-state index in [4.69, 9.17) is 27.9 Å². The van der Waals surface area contributed by atoms with E-state index < -0.39 is 48.7 Å². The lowest BCUT2D eigenvalue weighted by Crippen LogP contribution is -2.38. The Hall–Kier alpha value is -1.64. The molecule has 7 nitrogen and oxygen atoms in total. The third-order valence-corrected chi connectivity index (χ3v) is 9.02. The van der Waals surface area contributed by atoms with Crippen LogP contribution >= 0.6 is 39.1 Å². The number of alkyl halides is 2. The molecule has 0 aromatic heterocycles. The van der Waals surface area contributed by atoms with Crippen LogP contribution in [0.2, 0.25) is 0 Å². The van der Waals surface area contributed by atoms with E-state index in [2.05, 4.69) is 21.2 Å². The maximum Gasteiger partial charge on any atom is 0.326 e. The second kappa shape index (κ2) is 8.37. The fourth-order valence-electron chi connectivity index (χ4n) is 5.10. The summed E-state index contributed by atoms with van der Waals surface area (Å²) < 4.78 is 5.95. The number of likely N-dealkylation sites (tertiary alicyclic amines) is 1. The predicted octanol–water partition coefficient (Wildman–Crippen LogP) is 3.01. The average molecular weight is 532 g/mol. The Labute approximate surface area is 197 Å². The molecule has 1 aromatic rings. The molecule has 3 fully saturated rings. The van der Waals surface area contributed by atoms with Crippen molar-refractivity contribution in [3.63, 3.8) is 0 Å². The first-order valence-electron chi connectivity index (χ1n) is 9.95. The first-order valence-corrected chi connectivity index (χ1v) is 11.6. The van der Waals surface area contributed by atoms with Gasteiger partial charge in [-0.1, -0.05) is 15.9 Å². The van der Waals surface area contributed by atoms with Gasteiger partial charge in [0, 0.05) is 10.2 Å². The third-order valence-electron chi connectivity index (χ3n) is 6.45. The van der Waals surface area contributed by atoms with Crippen LogP contribution in [0, 0.1) is 37.5 Å². The van der Waals surface area contributed by atoms with Crippen molar-refractivity contribution in [3.8, 4) is 0 Å². The summed E-state index contributed by atoms with van der Waals surface area (Å²) in [7, 11) is 0. The van der Waals surface area contributed by atoms with Gasteiger partial charge in [-0.25, -0.2) is 0 Å². The summed E-state index contributed by atoms with van der Waals surface area (Å²) in [6.07, 6.45) is 0.655. The molecule has 1 N–H and O–H groups in total. The van der Waals surface area contributed by atoms with Gasteiger partial charge in [0.2, 0.25) is 11.8 Å². The Morgan fingerprint density at radius 2 is 1.61 bits per heavy atom. The van der Waals surface area contributed by atoms with Crippen LogP contribution in [0.3, 0.4) is 0 Å². The number of ether oxygens (including phenoxy) is 1. The van der Waals surface area contributed by atoms with Crippen LogP contribution in [0.25, 0.3) is 0 Å². The summed E-state index contributed by atoms with van der Waals surface area (Å²) >= 11 is 16.1. The number of aryl methyl sites for hydroxylation is 2. The second-order valence-electron chi connectivity index (χ2n) is 8.40. The number of hydrogen-bond acceptors (Lipinski definition) is 5. The first-order chi connectivity index (χ1) is 14.6. The smallest absolute Gasteiger partial charge is 0.326 e. The molecule has 31 heavy (non-hydrogen) atoms. The maximum absolute atomic E-state index is 12.8. The molecule has 2 bridgehead atoms. The SMILES string of the molecule is Cc1cc(NC(=O)COC(=O)CN2C(=O)[C@@H]3[C@H]4C[C@@H]([C@H](Cl)[C@H]4Cl)[C@H]3C2=O)cc(C)c1Br. The van der Waals surface area contributed by atoms with E-state index in [-0.39, 0.29) is 22.6 Å². The zero-order valence-electron chi connectivity index (χ0n) is 16.9. The number of carbonyl (C=O) groups excluding carboxylic acids is 4. The van der Waals surface area contributed by atoms with Gasteiger partial charge in [-0.15, -0.1) is 23.2 Å². The van der Waals surface area contributed by atoms with Gasteiger partial charge in [0.05, 0.1) is 22.6 Å². The quantitative estimate of drug-likeness (QED) is 0.358. The van der Waals surface area contributed by atoms with Gasteiger partial charge in [0.1, 0.15) is 6.54 Å². The lowest BCUT2D eigenvalue weighted by Gasteiger charge is -2.28. The number of nitrogens with zero attached hydrogens (tertiary/aromatic N) is 1. The lowest BCUT2D eigenvalue weighted by atomic mass is 9.80. The molecular formula is C21H21BrCl2N2O5. The van der Waals surface area contributed by atoms with E-state index in [1.807, 2.05) is 13.8 Å². The van der Waals surface area contributed by atoms with E-state index in [9.17, 15) is 19.2 Å². The summed E-state index contributed by atoms with van der Waals surface area (Å²) in [5, 5.41) is 1.95. The minimum absolute atomic E-state index is 0.153. The molecule has 6 atom stereocenters. The molecule has 0 unspecified atom stereocenters. The normalized spacial score (nSPS) is 31.2. The standard InChI is InChI=1S/C21H21BrCl2N2O5/c1-8-3-10(4-9(2)17(8)22)25-13(27)7-31-14(28)6-26-20(29)15-11-5-12(16(15)21(26)30)19(24)18(11)23/h3-4,11-12,15-16,18-19H,5-7H2,1-2H3,(H,25,27)/t11-,12-,15-,16-,18+,19+/m1/s1. The van der Waals surface area contributed by atoms with E-state index in [0.29, 0.717) is 12.1 Å². The number of hydrogen-bond donors (Lipinski definition) is 1. The molecule has 2 saturated carbocycles. The summed E-state index contributed by atoms with van der Waals surface area (Å²) in [5.74, 6) is -3.49. The fraction of sp³-hybridized carbons (Fsp3) is 0.524. The number of anilines is 1. The van der Waals surface area contributed by atoms with E-state index in [0.717, 1.165) is 20.5 Å². The Morgan fingerprint density at radius 3 is 2.13 bits per heavy atom. The monoisotopic (exact) mass is 530 g/mol. The molecule has 4 rings (SSSR count). The number of amides is 3. The number of rotatable bonds is 5. The van der Waals surface area contributed by atoms with Crippen LogP contribution in [0.5, 0.6) is 0 Å². The van der Waals surface area contributed by atoms with Crippen molar-refractivity contribution in [2.75, 3.05) is 18.5 Å². The van der Waals surface area contributed by atoms with Crippen LogP contribution in [0.1, 0.15) is 17.5 Å². The Balaban J connectivity index is 1.32. The highest BCUT2D eigenvalue weighted by Gasteiger charge is 2.66. The minimum atomic E-state index is -0.822. The highest BCUT2D eigenvalue weighted by molar-refractivity contribution is 9.10. The van der Waals surface area contributed by atoms with Crippen LogP contribution < -0.4 is 5.32 Å². The van der Waals surface area contributed by atoms with Gasteiger partial charge < -0.3 is 10.1 Å². The fourth-order valence-corrected chi connectivity index (χ4v) is 6.22. The van der Waals surface area contributed by atoms with E-state index in [1.54, 1.807) is 12.1 Å². The Morgan fingerprint density at radius 1 is 1.10 bits per heavy atom. The summed E-state index contributed by atoms with van der Waals surface area (Å²) in [4.78, 5) is 50.8. The van der Waals surface area contributed by atoms with Gasteiger partial charge in [-0.2, -0.15) is 0 Å². The molecule has 3 aliphatic rings. The van der Waals surface area contributed by atoms with Gasteiger partial charge >= 0.3 is 5.97 Å². The third kappa shape index (κ3) is 3.87. The molecule has 1 heterocycles. The number of carbonyl (C=O) groups is 4. The van der Waals surface area contributed by atoms with Gasteiger partial charge in [0.25, 0.3) is 5.91 Å². The Kier molecular flexibility index (Phi) is 6.09. The van der Waals surface area contributed by atoms with Crippen LogP contribution in [-0.2, 0) is 23.9 Å². The van der Waals surface area contributed by atoms with Crippen molar-refractivity contribution < 1.29 is 23.9 Å². The highest BCUT2D eigenvalue weighted by Crippen LogP contribution is 2.59. The topological polar surface area (TPSA) is 92.8 Å². The molecule has 0 radical (unpaired) electrons. The number of imide groups is 1.